The number of halogens is 1. The van der Waals surface area contributed by atoms with Crippen LogP contribution < -0.4 is 16.4 Å². The molecule has 0 unspecified atom stereocenters. The number of carbonyl (C=O) groups excluding carboxylic acids is 2. The van der Waals surface area contributed by atoms with Crippen molar-refractivity contribution in [2.75, 3.05) is 5.32 Å². The molecule has 140 valence electrons. The minimum absolute atomic E-state index is 0. The van der Waals surface area contributed by atoms with Crippen LogP contribution in [0.15, 0.2) is 41.0 Å². The van der Waals surface area contributed by atoms with Gasteiger partial charge in [-0.2, -0.15) is 0 Å². The van der Waals surface area contributed by atoms with Crippen molar-refractivity contribution in [3.05, 3.63) is 53.5 Å². The second-order valence-corrected chi connectivity index (χ2v) is 6.36. The maximum atomic E-state index is 12.2. The average Bonchev–Trinajstić information content (AvgIpc) is 3.31. The first-order chi connectivity index (χ1) is 12.2. The fourth-order valence-electron chi connectivity index (χ4n) is 3.08. The number of rotatable bonds is 6. The second-order valence-electron chi connectivity index (χ2n) is 6.36. The van der Waals surface area contributed by atoms with E-state index in [0.717, 1.165) is 36.9 Å². The molecule has 1 aromatic carbocycles. The van der Waals surface area contributed by atoms with Crippen LogP contribution in [0.2, 0.25) is 0 Å². The van der Waals surface area contributed by atoms with Crippen LogP contribution in [0.25, 0.3) is 0 Å². The van der Waals surface area contributed by atoms with Crippen LogP contribution in [0.3, 0.4) is 0 Å². The normalized spacial score (nSPS) is 13.9. The molecule has 1 heterocycles. The molecule has 3 rings (SSSR count). The SMILES string of the molecule is Cl.NCc1cc(C(=O)NCc2cccc(NC(=O)C3CCCC3)c2)co1. The molecule has 2 amide bonds. The van der Waals surface area contributed by atoms with E-state index in [1.54, 1.807) is 6.07 Å². The third-order valence-electron chi connectivity index (χ3n) is 4.49. The predicted molar refractivity (Wildman–Crippen MR) is 102 cm³/mol. The van der Waals surface area contributed by atoms with Crippen LogP contribution in [0.1, 0.15) is 47.4 Å². The maximum Gasteiger partial charge on any atom is 0.254 e. The third kappa shape index (κ3) is 5.09. The zero-order valence-corrected chi connectivity index (χ0v) is 15.3. The number of hydrogen-bond donors (Lipinski definition) is 3. The highest BCUT2D eigenvalue weighted by Gasteiger charge is 2.22. The van der Waals surface area contributed by atoms with E-state index in [4.69, 9.17) is 10.2 Å². The Hall–Kier alpha value is -2.31. The molecular weight excluding hydrogens is 354 g/mol. The first kappa shape index (κ1) is 20.0. The van der Waals surface area contributed by atoms with E-state index < -0.39 is 0 Å². The molecule has 7 heteroatoms. The molecule has 0 spiro atoms. The lowest BCUT2D eigenvalue weighted by molar-refractivity contribution is -0.119. The van der Waals surface area contributed by atoms with Gasteiger partial charge in [-0.1, -0.05) is 25.0 Å². The number of anilines is 1. The molecule has 0 aliphatic heterocycles. The summed E-state index contributed by atoms with van der Waals surface area (Å²) in [4.78, 5) is 24.3. The second kappa shape index (κ2) is 9.40. The molecule has 0 radical (unpaired) electrons. The van der Waals surface area contributed by atoms with Crippen molar-refractivity contribution >= 4 is 29.9 Å². The summed E-state index contributed by atoms with van der Waals surface area (Å²) in [6.45, 7) is 0.630. The quantitative estimate of drug-likeness (QED) is 0.719. The first-order valence-electron chi connectivity index (χ1n) is 8.61. The van der Waals surface area contributed by atoms with Gasteiger partial charge in [-0.25, -0.2) is 0 Å². The van der Waals surface area contributed by atoms with Gasteiger partial charge in [0, 0.05) is 18.2 Å². The Kier molecular flexibility index (Phi) is 7.24. The summed E-state index contributed by atoms with van der Waals surface area (Å²) in [6, 6.07) is 9.16. The Bertz CT molecular complexity index is 754. The largest absolute Gasteiger partial charge is 0.467 e. The molecule has 0 atom stereocenters. The average molecular weight is 378 g/mol. The fourth-order valence-corrected chi connectivity index (χ4v) is 3.08. The van der Waals surface area contributed by atoms with E-state index in [1.165, 1.54) is 6.26 Å². The zero-order chi connectivity index (χ0) is 17.6. The van der Waals surface area contributed by atoms with Crippen molar-refractivity contribution in [2.45, 2.75) is 38.8 Å². The van der Waals surface area contributed by atoms with Gasteiger partial charge >= 0.3 is 0 Å². The standard InChI is InChI=1S/C19H23N3O3.ClH/c20-10-17-9-15(12-25-17)18(23)21-11-13-4-3-7-16(8-13)22-19(24)14-5-1-2-6-14;/h3-4,7-9,12,14H,1-2,5-6,10-11,20H2,(H,21,23)(H,22,24);1H. The van der Waals surface area contributed by atoms with E-state index in [1.807, 2.05) is 24.3 Å². The van der Waals surface area contributed by atoms with Gasteiger partial charge in [0.25, 0.3) is 5.91 Å². The van der Waals surface area contributed by atoms with Crippen LogP contribution >= 0.6 is 12.4 Å². The first-order valence-corrected chi connectivity index (χ1v) is 8.61. The molecule has 2 aromatic rings. The number of nitrogens with one attached hydrogen (secondary N) is 2. The van der Waals surface area contributed by atoms with E-state index in [-0.39, 0.29) is 36.7 Å². The molecule has 6 nitrogen and oxygen atoms in total. The van der Waals surface area contributed by atoms with Crippen LogP contribution in [0.5, 0.6) is 0 Å². The molecule has 1 aliphatic carbocycles. The van der Waals surface area contributed by atoms with E-state index >= 15 is 0 Å². The van der Waals surface area contributed by atoms with Crippen molar-refractivity contribution in [2.24, 2.45) is 11.7 Å². The molecule has 26 heavy (non-hydrogen) atoms. The lowest BCUT2D eigenvalue weighted by Gasteiger charge is -2.11. The van der Waals surface area contributed by atoms with Gasteiger partial charge in [-0.15, -0.1) is 12.4 Å². The molecule has 1 fully saturated rings. The van der Waals surface area contributed by atoms with E-state index in [0.29, 0.717) is 17.9 Å². The topological polar surface area (TPSA) is 97.4 Å². The van der Waals surface area contributed by atoms with Crippen LogP contribution in [0.4, 0.5) is 5.69 Å². The van der Waals surface area contributed by atoms with Crippen molar-refractivity contribution in [1.29, 1.82) is 0 Å². The monoisotopic (exact) mass is 377 g/mol. The number of furan rings is 1. The minimum Gasteiger partial charge on any atom is -0.467 e. The number of amides is 2. The highest BCUT2D eigenvalue weighted by Crippen LogP contribution is 2.26. The van der Waals surface area contributed by atoms with Crippen LogP contribution in [0, 0.1) is 5.92 Å². The summed E-state index contributed by atoms with van der Waals surface area (Å²) in [6.07, 6.45) is 5.60. The van der Waals surface area contributed by atoms with Gasteiger partial charge in [0.05, 0.1) is 12.1 Å². The van der Waals surface area contributed by atoms with Gasteiger partial charge < -0.3 is 20.8 Å². The molecule has 1 aromatic heterocycles. The van der Waals surface area contributed by atoms with Crippen LogP contribution in [-0.2, 0) is 17.9 Å². The predicted octanol–water partition coefficient (Wildman–Crippen LogP) is 3.22. The van der Waals surface area contributed by atoms with Gasteiger partial charge in [0.1, 0.15) is 12.0 Å². The number of benzene rings is 1. The Morgan fingerprint density at radius 1 is 1.19 bits per heavy atom. The molecular formula is C19H24ClN3O3. The van der Waals surface area contributed by atoms with Crippen molar-refractivity contribution in [1.82, 2.24) is 5.32 Å². The summed E-state index contributed by atoms with van der Waals surface area (Å²) in [7, 11) is 0. The third-order valence-corrected chi connectivity index (χ3v) is 4.49. The summed E-state index contributed by atoms with van der Waals surface area (Å²) in [5.74, 6) is 0.568. The van der Waals surface area contributed by atoms with Crippen molar-refractivity contribution in [3.63, 3.8) is 0 Å². The Balaban J connectivity index is 0.00000243. The number of nitrogens with two attached hydrogens (primary N) is 1. The Morgan fingerprint density at radius 3 is 2.65 bits per heavy atom. The smallest absolute Gasteiger partial charge is 0.254 e. The molecule has 0 saturated heterocycles. The lowest BCUT2D eigenvalue weighted by atomic mass is 10.1. The van der Waals surface area contributed by atoms with Crippen LogP contribution in [-0.4, -0.2) is 11.8 Å². The lowest BCUT2D eigenvalue weighted by Crippen LogP contribution is -2.23. The minimum atomic E-state index is -0.219. The number of carbonyl (C=O) groups is 2. The fraction of sp³-hybridized carbons (Fsp3) is 0.368. The highest BCUT2D eigenvalue weighted by molar-refractivity contribution is 5.94. The summed E-state index contributed by atoms with van der Waals surface area (Å²) < 4.78 is 5.17. The Labute approximate surface area is 158 Å². The maximum absolute atomic E-state index is 12.2. The summed E-state index contributed by atoms with van der Waals surface area (Å²) in [5.41, 5.74) is 7.60. The van der Waals surface area contributed by atoms with E-state index in [2.05, 4.69) is 10.6 Å². The molecule has 0 bridgehead atoms. The Morgan fingerprint density at radius 2 is 1.96 bits per heavy atom. The van der Waals surface area contributed by atoms with E-state index in [9.17, 15) is 9.59 Å². The summed E-state index contributed by atoms with van der Waals surface area (Å²) >= 11 is 0. The van der Waals surface area contributed by atoms with Gasteiger partial charge in [-0.3, -0.25) is 9.59 Å². The molecule has 1 saturated carbocycles. The zero-order valence-electron chi connectivity index (χ0n) is 14.5. The molecule has 4 N–H and O–H groups in total. The van der Waals surface area contributed by atoms with Gasteiger partial charge in [-0.05, 0) is 36.6 Å². The van der Waals surface area contributed by atoms with Crippen molar-refractivity contribution in [3.8, 4) is 0 Å². The van der Waals surface area contributed by atoms with Gasteiger partial charge in [0.2, 0.25) is 5.91 Å². The summed E-state index contributed by atoms with van der Waals surface area (Å²) in [5, 5.41) is 5.81. The molecule has 1 aliphatic rings. The number of hydrogen-bond acceptors (Lipinski definition) is 4. The highest BCUT2D eigenvalue weighted by atomic mass is 35.5. The van der Waals surface area contributed by atoms with Gasteiger partial charge in [0.15, 0.2) is 0 Å². The van der Waals surface area contributed by atoms with Crippen molar-refractivity contribution < 1.29 is 14.0 Å².